The van der Waals surface area contributed by atoms with E-state index in [4.69, 9.17) is 18.0 Å². The third-order valence-electron chi connectivity index (χ3n) is 2.46. The van der Waals surface area contributed by atoms with Crippen molar-refractivity contribution in [3.05, 3.63) is 33.8 Å². The molecule has 0 unspecified atom stereocenters. The molecule has 17 heavy (non-hydrogen) atoms. The molecular weight excluding hydrogens is 300 g/mol. The molecule has 0 bridgehead atoms. The van der Waals surface area contributed by atoms with E-state index >= 15 is 0 Å². The monoisotopic (exact) mass is 314 g/mol. The highest BCUT2D eigenvalue weighted by molar-refractivity contribution is 9.10. The van der Waals surface area contributed by atoms with Gasteiger partial charge in [0.2, 0.25) is 0 Å². The zero-order chi connectivity index (χ0) is 13.2. The third kappa shape index (κ3) is 3.51. The van der Waals surface area contributed by atoms with Crippen LogP contribution < -0.4 is 11.1 Å². The molecule has 0 saturated carbocycles. The van der Waals surface area contributed by atoms with E-state index in [1.54, 1.807) is 19.9 Å². The number of hydrogen-bond acceptors (Lipinski definition) is 2. The summed E-state index contributed by atoms with van der Waals surface area (Å²) in [5.74, 6) is -0.182. The summed E-state index contributed by atoms with van der Waals surface area (Å²) < 4.78 is 0.975. The summed E-state index contributed by atoms with van der Waals surface area (Å²) in [5.41, 5.74) is 6.47. The molecule has 1 amide bonds. The fraction of sp³-hybridized carbons (Fsp3) is 0.333. The summed E-state index contributed by atoms with van der Waals surface area (Å²) >= 11 is 8.29. The van der Waals surface area contributed by atoms with Gasteiger partial charge in [-0.25, -0.2) is 0 Å². The van der Waals surface area contributed by atoms with Gasteiger partial charge in [-0.05, 0) is 44.5 Å². The highest BCUT2D eigenvalue weighted by atomic mass is 79.9. The third-order valence-corrected chi connectivity index (χ3v) is 3.86. The predicted molar refractivity (Wildman–Crippen MR) is 77.2 cm³/mol. The van der Waals surface area contributed by atoms with Crippen LogP contribution in [0.2, 0.25) is 0 Å². The standard InChI is InChI=1S/C12H15BrN2OS/c1-7-6-8(4-5-9(7)13)10(16)15-12(2,3)11(14)17/h4-6H,1-3H3,(H2,14,17)(H,15,16). The van der Waals surface area contributed by atoms with Crippen molar-refractivity contribution in [3.63, 3.8) is 0 Å². The maximum absolute atomic E-state index is 12.0. The lowest BCUT2D eigenvalue weighted by Crippen LogP contribution is -2.52. The molecule has 1 aromatic rings. The number of nitrogens with two attached hydrogens (primary N) is 1. The topological polar surface area (TPSA) is 55.1 Å². The van der Waals surface area contributed by atoms with Gasteiger partial charge in [-0.3, -0.25) is 4.79 Å². The highest BCUT2D eigenvalue weighted by Crippen LogP contribution is 2.17. The van der Waals surface area contributed by atoms with Crippen molar-refractivity contribution in [2.45, 2.75) is 26.3 Å². The quantitative estimate of drug-likeness (QED) is 0.843. The van der Waals surface area contributed by atoms with Crippen LogP contribution in [-0.2, 0) is 0 Å². The number of benzene rings is 1. The van der Waals surface area contributed by atoms with Crippen LogP contribution in [0.15, 0.2) is 22.7 Å². The van der Waals surface area contributed by atoms with Crippen molar-refractivity contribution in [1.29, 1.82) is 0 Å². The fourth-order valence-electron chi connectivity index (χ4n) is 1.20. The van der Waals surface area contributed by atoms with Crippen LogP contribution in [0.3, 0.4) is 0 Å². The lowest BCUT2D eigenvalue weighted by molar-refractivity contribution is 0.0932. The van der Waals surface area contributed by atoms with E-state index in [-0.39, 0.29) is 10.9 Å². The molecule has 0 aromatic heterocycles. The van der Waals surface area contributed by atoms with Crippen molar-refractivity contribution in [2.75, 3.05) is 0 Å². The first-order valence-corrected chi connectivity index (χ1v) is 6.33. The number of aryl methyl sites for hydroxylation is 1. The molecule has 3 N–H and O–H groups in total. The van der Waals surface area contributed by atoms with Crippen molar-refractivity contribution in [1.82, 2.24) is 5.32 Å². The number of hydrogen-bond donors (Lipinski definition) is 2. The Morgan fingerprint density at radius 3 is 2.53 bits per heavy atom. The van der Waals surface area contributed by atoms with Crippen LogP contribution in [0.25, 0.3) is 0 Å². The molecule has 0 radical (unpaired) electrons. The second-order valence-electron chi connectivity index (χ2n) is 4.41. The van der Waals surface area contributed by atoms with E-state index in [0.717, 1.165) is 10.0 Å². The fourth-order valence-corrected chi connectivity index (χ4v) is 1.50. The van der Waals surface area contributed by atoms with Crippen molar-refractivity contribution >= 4 is 39.0 Å². The Labute approximate surface area is 115 Å². The molecule has 5 heteroatoms. The van der Waals surface area contributed by atoms with E-state index in [1.165, 1.54) is 0 Å². The normalized spacial score (nSPS) is 11.1. The predicted octanol–water partition coefficient (Wildman–Crippen LogP) is 2.55. The van der Waals surface area contributed by atoms with Gasteiger partial charge in [0.1, 0.15) is 0 Å². The van der Waals surface area contributed by atoms with Crippen LogP contribution in [0.4, 0.5) is 0 Å². The molecule has 0 aliphatic carbocycles. The van der Waals surface area contributed by atoms with E-state index in [0.29, 0.717) is 5.56 Å². The summed E-state index contributed by atoms with van der Waals surface area (Å²) in [4.78, 5) is 12.3. The molecule has 0 spiro atoms. The van der Waals surface area contributed by atoms with E-state index in [2.05, 4.69) is 21.2 Å². The molecule has 0 heterocycles. The number of amides is 1. The molecule has 0 aliphatic rings. The second kappa shape index (κ2) is 5.14. The number of thiocarbonyl (C=S) groups is 1. The molecule has 0 saturated heterocycles. The minimum Gasteiger partial charge on any atom is -0.391 e. The first-order chi connectivity index (χ1) is 7.74. The van der Waals surface area contributed by atoms with Gasteiger partial charge >= 0.3 is 0 Å². The van der Waals surface area contributed by atoms with Gasteiger partial charge in [-0.2, -0.15) is 0 Å². The first-order valence-electron chi connectivity index (χ1n) is 5.12. The smallest absolute Gasteiger partial charge is 0.252 e. The Morgan fingerprint density at radius 1 is 1.47 bits per heavy atom. The molecular formula is C12H15BrN2OS. The Hall–Kier alpha value is -0.940. The van der Waals surface area contributed by atoms with Crippen LogP contribution in [0.5, 0.6) is 0 Å². The maximum atomic E-state index is 12.0. The summed E-state index contributed by atoms with van der Waals surface area (Å²) in [6.45, 7) is 5.48. The largest absolute Gasteiger partial charge is 0.391 e. The summed E-state index contributed by atoms with van der Waals surface area (Å²) in [7, 11) is 0. The SMILES string of the molecule is Cc1cc(C(=O)NC(C)(C)C(N)=S)ccc1Br. The lowest BCUT2D eigenvalue weighted by atomic mass is 10.0. The van der Waals surface area contributed by atoms with Crippen molar-refractivity contribution < 1.29 is 4.79 Å². The molecule has 0 atom stereocenters. The molecule has 0 aliphatic heterocycles. The minimum atomic E-state index is -0.687. The lowest BCUT2D eigenvalue weighted by Gasteiger charge is -2.24. The van der Waals surface area contributed by atoms with Crippen LogP contribution in [-0.4, -0.2) is 16.4 Å². The van der Waals surface area contributed by atoms with Gasteiger partial charge in [0, 0.05) is 10.0 Å². The van der Waals surface area contributed by atoms with Gasteiger partial charge in [-0.1, -0.05) is 28.1 Å². The average Bonchev–Trinajstić information content (AvgIpc) is 2.21. The van der Waals surface area contributed by atoms with Gasteiger partial charge in [0.25, 0.3) is 5.91 Å². The minimum absolute atomic E-state index is 0.182. The first kappa shape index (κ1) is 14.1. The van der Waals surface area contributed by atoms with Crippen molar-refractivity contribution in [2.24, 2.45) is 5.73 Å². The Bertz CT molecular complexity index is 472. The van der Waals surface area contributed by atoms with Gasteiger partial charge in [0.05, 0.1) is 10.5 Å². The Morgan fingerprint density at radius 2 is 2.06 bits per heavy atom. The van der Waals surface area contributed by atoms with Gasteiger partial charge in [0.15, 0.2) is 0 Å². The van der Waals surface area contributed by atoms with E-state index < -0.39 is 5.54 Å². The molecule has 92 valence electrons. The second-order valence-corrected chi connectivity index (χ2v) is 5.70. The Kier molecular flexibility index (Phi) is 4.27. The molecule has 1 aromatic carbocycles. The average molecular weight is 315 g/mol. The highest BCUT2D eigenvalue weighted by Gasteiger charge is 2.24. The molecule has 3 nitrogen and oxygen atoms in total. The zero-order valence-electron chi connectivity index (χ0n) is 10.0. The maximum Gasteiger partial charge on any atom is 0.252 e. The number of halogens is 1. The summed E-state index contributed by atoms with van der Waals surface area (Å²) in [6, 6.07) is 5.41. The van der Waals surface area contributed by atoms with Gasteiger partial charge < -0.3 is 11.1 Å². The van der Waals surface area contributed by atoms with Crippen LogP contribution in [0.1, 0.15) is 29.8 Å². The summed E-state index contributed by atoms with van der Waals surface area (Å²) in [6.07, 6.45) is 0. The molecule has 0 fully saturated rings. The zero-order valence-corrected chi connectivity index (χ0v) is 12.4. The Balaban J connectivity index is 2.91. The number of carbonyl (C=O) groups excluding carboxylic acids is 1. The van der Waals surface area contributed by atoms with Crippen LogP contribution in [0, 0.1) is 6.92 Å². The number of carbonyl (C=O) groups is 1. The van der Waals surface area contributed by atoms with Crippen LogP contribution >= 0.6 is 28.1 Å². The van der Waals surface area contributed by atoms with E-state index in [9.17, 15) is 4.79 Å². The van der Waals surface area contributed by atoms with Gasteiger partial charge in [-0.15, -0.1) is 0 Å². The number of nitrogens with one attached hydrogen (secondary N) is 1. The van der Waals surface area contributed by atoms with Crippen molar-refractivity contribution in [3.8, 4) is 0 Å². The molecule has 1 rings (SSSR count). The van der Waals surface area contributed by atoms with E-state index in [1.807, 2.05) is 19.1 Å². The number of rotatable bonds is 3. The summed E-state index contributed by atoms with van der Waals surface area (Å²) in [5, 5.41) is 2.80.